The molecule has 1 amide bonds. The van der Waals surface area contributed by atoms with E-state index < -0.39 is 17.4 Å². The van der Waals surface area contributed by atoms with E-state index in [0.717, 1.165) is 11.3 Å². The van der Waals surface area contributed by atoms with Gasteiger partial charge in [-0.1, -0.05) is 0 Å². The maximum Gasteiger partial charge on any atom is 0.328 e. The van der Waals surface area contributed by atoms with Crippen LogP contribution in [0.1, 0.15) is 29.8 Å². The van der Waals surface area contributed by atoms with E-state index in [2.05, 4.69) is 0 Å². The number of anilines is 1. The van der Waals surface area contributed by atoms with E-state index in [1.54, 1.807) is 50.9 Å². The zero-order chi connectivity index (χ0) is 14.1. The minimum atomic E-state index is -1.03. The van der Waals surface area contributed by atoms with Crippen LogP contribution >= 0.6 is 0 Å². The normalized spacial score (nSPS) is 11.1. The highest BCUT2D eigenvalue weighted by Crippen LogP contribution is 2.24. The number of rotatable bonds is 4. The molecule has 0 heterocycles. The number of amides is 1. The average molecular weight is 250 g/mol. The first kappa shape index (κ1) is 14.0. The van der Waals surface area contributed by atoms with Gasteiger partial charge in [-0.3, -0.25) is 4.79 Å². The van der Waals surface area contributed by atoms with Gasteiger partial charge in [0.15, 0.2) is 0 Å². The van der Waals surface area contributed by atoms with Crippen LogP contribution in [0.2, 0.25) is 0 Å². The summed E-state index contributed by atoms with van der Waals surface area (Å²) in [5.41, 5.74) is 6.10. The summed E-state index contributed by atoms with van der Waals surface area (Å²) >= 11 is 0. The molecule has 0 aliphatic rings. The standard InChI is InChI=1S/C13H18N2O3/c1-8-7-9(5-6-10(8)11(14)16)15(4)13(2,3)12(17)18/h5-7H,1-4H3,(H2,14,16)(H,17,18). The molecule has 0 spiro atoms. The summed E-state index contributed by atoms with van der Waals surface area (Å²) < 4.78 is 0. The minimum absolute atomic E-state index is 0.445. The van der Waals surface area contributed by atoms with E-state index in [1.807, 2.05) is 0 Å². The third-order valence-electron chi connectivity index (χ3n) is 3.22. The van der Waals surface area contributed by atoms with Crippen molar-refractivity contribution in [2.24, 2.45) is 5.73 Å². The van der Waals surface area contributed by atoms with Gasteiger partial charge in [-0.05, 0) is 44.5 Å². The van der Waals surface area contributed by atoms with E-state index in [-0.39, 0.29) is 0 Å². The Morgan fingerprint density at radius 3 is 2.28 bits per heavy atom. The van der Waals surface area contributed by atoms with E-state index in [4.69, 9.17) is 10.8 Å². The van der Waals surface area contributed by atoms with Crippen molar-refractivity contribution in [3.63, 3.8) is 0 Å². The topological polar surface area (TPSA) is 83.6 Å². The fourth-order valence-electron chi connectivity index (χ4n) is 1.60. The molecule has 18 heavy (non-hydrogen) atoms. The van der Waals surface area contributed by atoms with Crippen molar-refractivity contribution in [3.8, 4) is 0 Å². The number of carbonyl (C=O) groups excluding carboxylic acids is 1. The summed E-state index contributed by atoms with van der Waals surface area (Å²) in [5, 5.41) is 9.17. The van der Waals surface area contributed by atoms with E-state index in [0.29, 0.717) is 5.56 Å². The lowest BCUT2D eigenvalue weighted by Gasteiger charge is -2.33. The quantitative estimate of drug-likeness (QED) is 0.845. The zero-order valence-electron chi connectivity index (χ0n) is 11.0. The number of likely N-dealkylation sites (N-methyl/N-ethyl adjacent to an activating group) is 1. The molecule has 0 aliphatic carbocycles. The number of nitrogens with two attached hydrogens (primary N) is 1. The maximum atomic E-state index is 11.2. The lowest BCUT2D eigenvalue weighted by atomic mass is 10.0. The lowest BCUT2D eigenvalue weighted by molar-refractivity contribution is -0.142. The number of carbonyl (C=O) groups is 2. The summed E-state index contributed by atoms with van der Waals surface area (Å²) in [4.78, 5) is 23.9. The predicted molar refractivity (Wildman–Crippen MR) is 69.8 cm³/mol. The molecule has 0 aromatic heterocycles. The van der Waals surface area contributed by atoms with Crippen LogP contribution in [-0.2, 0) is 4.79 Å². The molecule has 3 N–H and O–H groups in total. The van der Waals surface area contributed by atoms with Crippen LogP contribution in [0.5, 0.6) is 0 Å². The summed E-state index contributed by atoms with van der Waals surface area (Å²) in [7, 11) is 1.70. The van der Waals surface area contributed by atoms with Gasteiger partial charge in [-0.2, -0.15) is 0 Å². The van der Waals surface area contributed by atoms with E-state index in [9.17, 15) is 9.59 Å². The number of primary amides is 1. The minimum Gasteiger partial charge on any atom is -0.480 e. The van der Waals surface area contributed by atoms with Crippen molar-refractivity contribution < 1.29 is 14.7 Å². The Bertz CT molecular complexity index is 495. The summed E-state index contributed by atoms with van der Waals surface area (Å²) in [6, 6.07) is 5.06. The van der Waals surface area contributed by atoms with Crippen LogP contribution in [0.25, 0.3) is 0 Å². The Hall–Kier alpha value is -2.04. The van der Waals surface area contributed by atoms with Crippen LogP contribution in [0.4, 0.5) is 5.69 Å². The molecule has 0 aliphatic heterocycles. The van der Waals surface area contributed by atoms with Crippen LogP contribution in [0, 0.1) is 6.92 Å². The fraction of sp³-hybridized carbons (Fsp3) is 0.385. The molecule has 0 radical (unpaired) electrons. The first-order valence-electron chi connectivity index (χ1n) is 5.55. The lowest BCUT2D eigenvalue weighted by Crippen LogP contribution is -2.48. The fourth-order valence-corrected chi connectivity index (χ4v) is 1.60. The van der Waals surface area contributed by atoms with Gasteiger partial charge in [-0.25, -0.2) is 4.79 Å². The smallest absolute Gasteiger partial charge is 0.328 e. The van der Waals surface area contributed by atoms with Gasteiger partial charge in [0, 0.05) is 18.3 Å². The molecule has 1 aromatic rings. The largest absolute Gasteiger partial charge is 0.480 e. The van der Waals surface area contributed by atoms with Crippen molar-refractivity contribution in [1.82, 2.24) is 0 Å². The monoisotopic (exact) mass is 250 g/mol. The van der Waals surface area contributed by atoms with Crippen LogP contribution in [-0.4, -0.2) is 29.6 Å². The van der Waals surface area contributed by atoms with E-state index >= 15 is 0 Å². The molecular weight excluding hydrogens is 232 g/mol. The molecule has 5 heteroatoms. The molecule has 0 saturated carbocycles. The number of carboxylic acid groups (broad SMARTS) is 1. The second kappa shape index (κ2) is 4.68. The number of aliphatic carboxylic acids is 1. The molecule has 0 atom stereocenters. The van der Waals surface area contributed by atoms with Crippen LogP contribution in [0.15, 0.2) is 18.2 Å². The average Bonchev–Trinajstić information content (AvgIpc) is 2.26. The molecule has 0 unspecified atom stereocenters. The Labute approximate surface area is 106 Å². The zero-order valence-corrected chi connectivity index (χ0v) is 11.0. The van der Waals surface area contributed by atoms with Crippen molar-refractivity contribution in [2.75, 3.05) is 11.9 Å². The van der Waals surface area contributed by atoms with E-state index in [1.165, 1.54) is 0 Å². The molecule has 5 nitrogen and oxygen atoms in total. The Kier molecular flexibility index (Phi) is 3.65. The molecule has 1 rings (SSSR count). The highest BCUT2D eigenvalue weighted by atomic mass is 16.4. The number of benzene rings is 1. The summed E-state index contributed by atoms with van der Waals surface area (Å²) in [6.07, 6.45) is 0. The number of nitrogens with zero attached hydrogens (tertiary/aromatic N) is 1. The Morgan fingerprint density at radius 2 is 1.89 bits per heavy atom. The Morgan fingerprint density at radius 1 is 1.33 bits per heavy atom. The first-order chi connectivity index (χ1) is 8.17. The highest BCUT2D eigenvalue weighted by molar-refractivity contribution is 5.95. The molecule has 0 saturated heterocycles. The second-order valence-electron chi connectivity index (χ2n) is 4.79. The Balaban J connectivity index is 3.16. The van der Waals surface area contributed by atoms with Crippen molar-refractivity contribution in [3.05, 3.63) is 29.3 Å². The predicted octanol–water partition coefficient (Wildman–Crippen LogP) is 1.39. The first-order valence-corrected chi connectivity index (χ1v) is 5.55. The second-order valence-corrected chi connectivity index (χ2v) is 4.79. The van der Waals surface area contributed by atoms with Gasteiger partial charge in [0.2, 0.25) is 5.91 Å². The number of hydrogen-bond donors (Lipinski definition) is 2. The maximum absolute atomic E-state index is 11.2. The SMILES string of the molecule is Cc1cc(N(C)C(C)(C)C(=O)O)ccc1C(N)=O. The van der Waals surface area contributed by atoms with Gasteiger partial charge in [0.1, 0.15) is 5.54 Å². The van der Waals surface area contributed by atoms with Crippen molar-refractivity contribution in [2.45, 2.75) is 26.3 Å². The molecule has 0 bridgehead atoms. The van der Waals surface area contributed by atoms with Crippen molar-refractivity contribution >= 4 is 17.6 Å². The third kappa shape index (κ3) is 2.45. The number of aryl methyl sites for hydroxylation is 1. The molecule has 1 aromatic carbocycles. The third-order valence-corrected chi connectivity index (χ3v) is 3.22. The van der Waals surface area contributed by atoms with Crippen LogP contribution in [0.3, 0.4) is 0 Å². The number of carboxylic acids is 1. The van der Waals surface area contributed by atoms with Crippen molar-refractivity contribution in [1.29, 1.82) is 0 Å². The van der Waals surface area contributed by atoms with Gasteiger partial charge in [-0.15, -0.1) is 0 Å². The number of hydrogen-bond acceptors (Lipinski definition) is 3. The highest BCUT2D eigenvalue weighted by Gasteiger charge is 2.32. The summed E-state index contributed by atoms with van der Waals surface area (Å²) in [6.45, 7) is 5.00. The molecule has 0 fully saturated rings. The summed E-state index contributed by atoms with van der Waals surface area (Å²) in [5.74, 6) is -1.40. The van der Waals surface area contributed by atoms with Gasteiger partial charge in [0.05, 0.1) is 0 Å². The van der Waals surface area contributed by atoms with Gasteiger partial charge in [0.25, 0.3) is 0 Å². The van der Waals surface area contributed by atoms with Gasteiger partial charge >= 0.3 is 5.97 Å². The molecule has 98 valence electrons. The van der Waals surface area contributed by atoms with Gasteiger partial charge < -0.3 is 15.7 Å². The molecular formula is C13H18N2O3. The van der Waals surface area contributed by atoms with Crippen LogP contribution < -0.4 is 10.6 Å².